The van der Waals surface area contributed by atoms with E-state index in [1.807, 2.05) is 0 Å². The Kier molecular flexibility index (Phi) is 2.24. The topological polar surface area (TPSA) is 54.4 Å². The summed E-state index contributed by atoms with van der Waals surface area (Å²) in [6.45, 7) is 5.25. The van der Waals surface area contributed by atoms with Gasteiger partial charge in [0.15, 0.2) is 0 Å². The lowest BCUT2D eigenvalue weighted by Crippen LogP contribution is -2.19. The van der Waals surface area contributed by atoms with Gasteiger partial charge < -0.3 is 0 Å². The van der Waals surface area contributed by atoms with Gasteiger partial charge in [-0.3, -0.25) is 4.55 Å². The van der Waals surface area contributed by atoms with Crippen molar-refractivity contribution in [1.29, 1.82) is 0 Å². The Morgan fingerprint density at radius 3 is 1.67 bits per heavy atom. The highest BCUT2D eigenvalue weighted by molar-refractivity contribution is 7.85. The molecule has 0 spiro atoms. The zero-order chi connectivity index (χ0) is 7.71. The molecule has 0 aromatic carbocycles. The van der Waals surface area contributed by atoms with Gasteiger partial charge in [-0.1, -0.05) is 20.8 Å². The summed E-state index contributed by atoms with van der Waals surface area (Å²) in [4.78, 5) is 0. The van der Waals surface area contributed by atoms with Gasteiger partial charge in [-0.15, -0.1) is 0 Å². The highest BCUT2D eigenvalue weighted by atomic mass is 32.2. The fourth-order valence-electron chi connectivity index (χ4n) is 0.547. The highest BCUT2D eigenvalue weighted by Crippen LogP contribution is 2.14. The standard InChI is InChI=1S/C5H12O3S/c1-5(2,3)4-9(6,7)8/h4H2,1-3H3,(H,6,7,8). The van der Waals surface area contributed by atoms with Gasteiger partial charge in [0.05, 0.1) is 5.75 Å². The van der Waals surface area contributed by atoms with Crippen LogP contribution in [0.25, 0.3) is 0 Å². The lowest BCUT2D eigenvalue weighted by atomic mass is 10.0. The van der Waals surface area contributed by atoms with Crippen LogP contribution in [0.1, 0.15) is 20.8 Å². The minimum absolute atomic E-state index is 0.181. The summed E-state index contributed by atoms with van der Waals surface area (Å²) in [5.74, 6) is -0.181. The first kappa shape index (κ1) is 8.91. The zero-order valence-corrected chi connectivity index (χ0v) is 6.70. The number of hydrogen-bond acceptors (Lipinski definition) is 2. The maximum atomic E-state index is 10.2. The summed E-state index contributed by atoms with van der Waals surface area (Å²) < 4.78 is 28.7. The second-order valence-corrected chi connectivity index (χ2v) is 4.74. The van der Waals surface area contributed by atoms with Crippen molar-refractivity contribution in [3.63, 3.8) is 0 Å². The van der Waals surface area contributed by atoms with Crippen LogP contribution in [0.4, 0.5) is 0 Å². The molecular formula is C5H12O3S. The molecule has 0 heterocycles. The third kappa shape index (κ3) is 7.91. The first-order valence-electron chi connectivity index (χ1n) is 2.66. The fourth-order valence-corrected chi connectivity index (χ4v) is 1.64. The van der Waals surface area contributed by atoms with Gasteiger partial charge in [0.25, 0.3) is 10.1 Å². The normalized spacial score (nSPS) is 13.8. The van der Waals surface area contributed by atoms with E-state index in [4.69, 9.17) is 4.55 Å². The predicted octanol–water partition coefficient (Wildman–Crippen LogP) is 0.920. The highest BCUT2D eigenvalue weighted by Gasteiger charge is 2.18. The lowest BCUT2D eigenvalue weighted by Gasteiger charge is -2.14. The predicted molar refractivity (Wildman–Crippen MR) is 35.9 cm³/mol. The molecule has 4 heteroatoms. The number of rotatable bonds is 1. The van der Waals surface area contributed by atoms with Crippen molar-refractivity contribution in [2.75, 3.05) is 5.75 Å². The smallest absolute Gasteiger partial charge is 0.265 e. The van der Waals surface area contributed by atoms with Crippen LogP contribution >= 0.6 is 0 Å². The van der Waals surface area contributed by atoms with E-state index in [1.54, 1.807) is 20.8 Å². The van der Waals surface area contributed by atoms with Crippen LogP contribution in [0.2, 0.25) is 0 Å². The van der Waals surface area contributed by atoms with Gasteiger partial charge in [-0.25, -0.2) is 0 Å². The Bertz CT molecular complexity index is 173. The molecule has 0 aliphatic carbocycles. The average molecular weight is 152 g/mol. The molecule has 1 N–H and O–H groups in total. The number of hydrogen-bond donors (Lipinski definition) is 1. The molecule has 0 rings (SSSR count). The van der Waals surface area contributed by atoms with Crippen molar-refractivity contribution in [2.24, 2.45) is 5.41 Å². The molecule has 0 bridgehead atoms. The molecule has 0 unspecified atom stereocenters. The molecule has 0 amide bonds. The minimum atomic E-state index is -3.78. The van der Waals surface area contributed by atoms with Gasteiger partial charge in [-0.05, 0) is 5.41 Å². The van der Waals surface area contributed by atoms with Crippen LogP contribution in [0.15, 0.2) is 0 Å². The molecule has 3 nitrogen and oxygen atoms in total. The summed E-state index contributed by atoms with van der Waals surface area (Å²) in [5, 5.41) is 0. The van der Waals surface area contributed by atoms with Crippen LogP contribution < -0.4 is 0 Å². The molecular weight excluding hydrogens is 140 g/mol. The Morgan fingerprint density at radius 1 is 1.33 bits per heavy atom. The molecule has 0 saturated heterocycles. The van der Waals surface area contributed by atoms with E-state index >= 15 is 0 Å². The molecule has 9 heavy (non-hydrogen) atoms. The maximum Gasteiger partial charge on any atom is 0.265 e. The van der Waals surface area contributed by atoms with Crippen LogP contribution in [-0.4, -0.2) is 18.7 Å². The van der Waals surface area contributed by atoms with Gasteiger partial charge in [0.1, 0.15) is 0 Å². The molecule has 0 aliphatic rings. The Morgan fingerprint density at radius 2 is 1.67 bits per heavy atom. The minimum Gasteiger partial charge on any atom is -0.286 e. The molecule has 0 atom stereocenters. The van der Waals surface area contributed by atoms with Gasteiger partial charge in [0, 0.05) is 0 Å². The Balaban J connectivity index is 4.07. The van der Waals surface area contributed by atoms with Crippen molar-refractivity contribution in [2.45, 2.75) is 20.8 Å². The quantitative estimate of drug-likeness (QED) is 0.568. The van der Waals surface area contributed by atoms with Crippen molar-refractivity contribution in [3.05, 3.63) is 0 Å². The Labute approximate surface area is 55.8 Å². The summed E-state index contributed by atoms with van der Waals surface area (Å²) in [5.41, 5.74) is -0.354. The van der Waals surface area contributed by atoms with Crippen LogP contribution in [-0.2, 0) is 10.1 Å². The summed E-state index contributed by atoms with van der Waals surface area (Å²) in [7, 11) is -3.78. The second-order valence-electron chi connectivity index (χ2n) is 3.29. The molecule has 0 radical (unpaired) electrons. The maximum absolute atomic E-state index is 10.2. The van der Waals surface area contributed by atoms with Crippen molar-refractivity contribution in [3.8, 4) is 0 Å². The van der Waals surface area contributed by atoms with E-state index in [9.17, 15) is 8.42 Å². The zero-order valence-electron chi connectivity index (χ0n) is 5.88. The van der Waals surface area contributed by atoms with Gasteiger partial charge in [-0.2, -0.15) is 8.42 Å². The van der Waals surface area contributed by atoms with Crippen molar-refractivity contribution in [1.82, 2.24) is 0 Å². The SMILES string of the molecule is CC(C)(C)CS(=O)(=O)O. The Hall–Kier alpha value is -0.0900. The largest absolute Gasteiger partial charge is 0.286 e. The molecule has 56 valence electrons. The van der Waals surface area contributed by atoms with E-state index in [0.29, 0.717) is 0 Å². The van der Waals surface area contributed by atoms with Crippen LogP contribution in [0, 0.1) is 5.41 Å². The third-order valence-corrected chi connectivity index (χ3v) is 1.85. The van der Waals surface area contributed by atoms with E-state index < -0.39 is 10.1 Å². The van der Waals surface area contributed by atoms with Crippen LogP contribution in [0.5, 0.6) is 0 Å². The molecule has 0 saturated carbocycles. The monoisotopic (exact) mass is 152 g/mol. The van der Waals surface area contributed by atoms with Gasteiger partial charge >= 0.3 is 0 Å². The van der Waals surface area contributed by atoms with Crippen molar-refractivity contribution >= 4 is 10.1 Å². The molecule has 0 aliphatic heterocycles. The molecule has 0 aromatic heterocycles. The summed E-state index contributed by atoms with van der Waals surface area (Å²) >= 11 is 0. The molecule has 0 aromatic rings. The third-order valence-electron chi connectivity index (χ3n) is 0.615. The first-order chi connectivity index (χ1) is 3.71. The first-order valence-corrected chi connectivity index (χ1v) is 4.27. The lowest BCUT2D eigenvalue weighted by molar-refractivity contribution is 0.422. The van der Waals surface area contributed by atoms with Crippen LogP contribution in [0.3, 0.4) is 0 Å². The summed E-state index contributed by atoms with van der Waals surface area (Å²) in [6.07, 6.45) is 0. The second kappa shape index (κ2) is 2.27. The fraction of sp³-hybridized carbons (Fsp3) is 1.00. The summed E-state index contributed by atoms with van der Waals surface area (Å²) in [6, 6.07) is 0. The van der Waals surface area contributed by atoms with E-state index in [-0.39, 0.29) is 11.2 Å². The van der Waals surface area contributed by atoms with E-state index in [0.717, 1.165) is 0 Å². The van der Waals surface area contributed by atoms with Crippen molar-refractivity contribution < 1.29 is 13.0 Å². The molecule has 0 fully saturated rings. The van der Waals surface area contributed by atoms with Gasteiger partial charge in [0.2, 0.25) is 0 Å². The van der Waals surface area contributed by atoms with E-state index in [2.05, 4.69) is 0 Å². The average Bonchev–Trinajstić information content (AvgIpc) is 1.14. The van der Waals surface area contributed by atoms with E-state index in [1.165, 1.54) is 0 Å².